The van der Waals surface area contributed by atoms with Crippen LogP contribution in [0.1, 0.15) is 24.3 Å². The minimum Gasteiger partial charge on any atom is -0.281 e. The normalized spacial score (nSPS) is 14.1. The second-order valence-electron chi connectivity index (χ2n) is 3.24. The van der Waals surface area contributed by atoms with E-state index in [4.69, 9.17) is 0 Å². The SMILES string of the molecule is NS.O=[N+]([O-])c1ccc(C2CC2)cc1F. The van der Waals surface area contributed by atoms with Crippen molar-refractivity contribution in [2.75, 3.05) is 0 Å². The molecule has 6 heteroatoms. The summed E-state index contributed by atoms with van der Waals surface area (Å²) in [6.07, 6.45) is 2.13. The minimum atomic E-state index is -0.727. The monoisotopic (exact) mass is 230 g/mol. The van der Waals surface area contributed by atoms with Gasteiger partial charge in [-0.3, -0.25) is 15.3 Å². The van der Waals surface area contributed by atoms with Crippen molar-refractivity contribution >= 4 is 18.5 Å². The Hall–Kier alpha value is -1.14. The third-order valence-corrected chi connectivity index (χ3v) is 2.22. The predicted octanol–water partition coefficient (Wildman–Crippen LogP) is 2.40. The molecule has 0 saturated heterocycles. The molecule has 0 bridgehead atoms. The zero-order chi connectivity index (χ0) is 11.4. The molecule has 0 amide bonds. The summed E-state index contributed by atoms with van der Waals surface area (Å²) in [6, 6.07) is 4.15. The molecule has 0 spiro atoms. The fourth-order valence-corrected chi connectivity index (χ4v) is 1.34. The standard InChI is InChI=1S/C9H8FNO2.H3NS/c10-8-5-7(6-1-2-6)3-4-9(8)11(12)13;1-2/h3-6H,1-2H2;2H,1H2. The second-order valence-corrected chi connectivity index (χ2v) is 3.24. The molecule has 0 unspecified atom stereocenters. The van der Waals surface area contributed by atoms with Crippen LogP contribution in [0.15, 0.2) is 18.2 Å². The Labute approximate surface area is 92.0 Å². The Kier molecular flexibility index (Phi) is 4.05. The molecule has 0 aromatic heterocycles. The van der Waals surface area contributed by atoms with Gasteiger partial charge in [-0.05, 0) is 30.4 Å². The van der Waals surface area contributed by atoms with Crippen LogP contribution in [-0.4, -0.2) is 4.92 Å². The molecule has 1 aromatic rings. The van der Waals surface area contributed by atoms with Crippen molar-refractivity contribution in [2.24, 2.45) is 5.14 Å². The number of nitro groups is 1. The van der Waals surface area contributed by atoms with Crippen LogP contribution in [0.5, 0.6) is 0 Å². The van der Waals surface area contributed by atoms with E-state index in [1.165, 1.54) is 12.1 Å². The van der Waals surface area contributed by atoms with Gasteiger partial charge in [0.05, 0.1) is 4.92 Å². The summed E-state index contributed by atoms with van der Waals surface area (Å²) in [4.78, 5) is 9.58. The summed E-state index contributed by atoms with van der Waals surface area (Å²) in [7, 11) is 0. The van der Waals surface area contributed by atoms with Gasteiger partial charge in [-0.2, -0.15) is 4.39 Å². The van der Waals surface area contributed by atoms with Crippen LogP contribution >= 0.6 is 12.8 Å². The topological polar surface area (TPSA) is 69.2 Å². The first-order chi connectivity index (χ1) is 7.18. The zero-order valence-corrected chi connectivity index (χ0v) is 8.78. The molecule has 0 atom stereocenters. The van der Waals surface area contributed by atoms with Crippen LogP contribution in [-0.2, 0) is 0 Å². The highest BCUT2D eigenvalue weighted by molar-refractivity contribution is 7.77. The molecule has 1 fully saturated rings. The molecule has 1 aliphatic rings. The number of rotatable bonds is 2. The molecular weight excluding hydrogens is 219 g/mol. The highest BCUT2D eigenvalue weighted by atomic mass is 32.1. The van der Waals surface area contributed by atoms with Crippen LogP contribution in [0, 0.1) is 15.9 Å². The number of hydrogen-bond donors (Lipinski definition) is 2. The first-order valence-electron chi connectivity index (χ1n) is 4.38. The van der Waals surface area contributed by atoms with Crippen molar-refractivity contribution in [1.82, 2.24) is 0 Å². The van der Waals surface area contributed by atoms with E-state index in [1.54, 1.807) is 6.07 Å². The number of nitrogens with zero attached hydrogens (tertiary/aromatic N) is 1. The van der Waals surface area contributed by atoms with Gasteiger partial charge in [0.1, 0.15) is 0 Å². The van der Waals surface area contributed by atoms with Gasteiger partial charge >= 0.3 is 5.69 Å². The van der Waals surface area contributed by atoms with Gasteiger partial charge in [-0.1, -0.05) is 6.07 Å². The molecular formula is C9H11FN2O2S. The van der Waals surface area contributed by atoms with Crippen LogP contribution in [0.2, 0.25) is 0 Å². The Morgan fingerprint density at radius 1 is 1.47 bits per heavy atom. The predicted molar refractivity (Wildman–Crippen MR) is 58.2 cm³/mol. The Morgan fingerprint density at radius 3 is 2.47 bits per heavy atom. The number of nitrogens with two attached hydrogens (primary N) is 1. The van der Waals surface area contributed by atoms with Crippen molar-refractivity contribution in [3.8, 4) is 0 Å². The van der Waals surface area contributed by atoms with E-state index in [9.17, 15) is 14.5 Å². The minimum absolute atomic E-state index is 0.426. The summed E-state index contributed by atoms with van der Waals surface area (Å²) in [5.41, 5.74) is 0.438. The summed E-state index contributed by atoms with van der Waals surface area (Å²) >= 11 is 3.03. The molecule has 4 nitrogen and oxygen atoms in total. The van der Waals surface area contributed by atoms with E-state index < -0.39 is 16.4 Å². The molecule has 15 heavy (non-hydrogen) atoms. The second kappa shape index (κ2) is 5.09. The molecule has 2 rings (SSSR count). The lowest BCUT2D eigenvalue weighted by Crippen LogP contribution is -1.93. The van der Waals surface area contributed by atoms with Gasteiger partial charge in [-0.25, -0.2) is 0 Å². The maximum Gasteiger partial charge on any atom is 0.304 e. The third kappa shape index (κ3) is 2.90. The maximum absolute atomic E-state index is 13.0. The van der Waals surface area contributed by atoms with Crippen molar-refractivity contribution in [3.63, 3.8) is 0 Å². The Morgan fingerprint density at radius 2 is 2.07 bits per heavy atom. The quantitative estimate of drug-likeness (QED) is 0.465. The van der Waals surface area contributed by atoms with Crippen molar-refractivity contribution < 1.29 is 9.31 Å². The van der Waals surface area contributed by atoms with E-state index in [0.29, 0.717) is 5.92 Å². The van der Waals surface area contributed by atoms with Crippen LogP contribution in [0.4, 0.5) is 10.1 Å². The molecule has 1 aromatic carbocycles. The van der Waals surface area contributed by atoms with Crippen LogP contribution < -0.4 is 5.14 Å². The molecule has 1 saturated carbocycles. The van der Waals surface area contributed by atoms with E-state index >= 15 is 0 Å². The zero-order valence-electron chi connectivity index (χ0n) is 7.89. The van der Waals surface area contributed by atoms with E-state index in [1.807, 2.05) is 0 Å². The molecule has 1 aliphatic carbocycles. The third-order valence-electron chi connectivity index (χ3n) is 2.22. The number of hydrogen-bond acceptors (Lipinski definition) is 4. The smallest absolute Gasteiger partial charge is 0.281 e. The molecule has 0 heterocycles. The van der Waals surface area contributed by atoms with E-state index in [0.717, 1.165) is 18.4 Å². The lowest BCUT2D eigenvalue weighted by atomic mass is 10.1. The van der Waals surface area contributed by atoms with Gasteiger partial charge in [0.15, 0.2) is 0 Å². The number of halogens is 1. The number of nitro benzene ring substituents is 1. The summed E-state index contributed by atoms with van der Waals surface area (Å²) in [6.45, 7) is 0. The van der Waals surface area contributed by atoms with E-state index in [-0.39, 0.29) is 0 Å². The highest BCUT2D eigenvalue weighted by Gasteiger charge is 2.25. The van der Waals surface area contributed by atoms with Crippen molar-refractivity contribution in [3.05, 3.63) is 39.7 Å². The van der Waals surface area contributed by atoms with Crippen LogP contribution in [0.3, 0.4) is 0 Å². The first kappa shape index (κ1) is 11.9. The average molecular weight is 230 g/mol. The molecule has 0 aliphatic heterocycles. The summed E-state index contributed by atoms with van der Waals surface area (Å²) in [5, 5.41) is 14.5. The Balaban J connectivity index is 0.000000531. The van der Waals surface area contributed by atoms with E-state index in [2.05, 4.69) is 18.0 Å². The van der Waals surface area contributed by atoms with Gasteiger partial charge in [0.2, 0.25) is 5.82 Å². The fraction of sp³-hybridized carbons (Fsp3) is 0.333. The van der Waals surface area contributed by atoms with Gasteiger partial charge < -0.3 is 0 Å². The number of benzene rings is 1. The Bertz CT molecular complexity index is 369. The summed E-state index contributed by atoms with van der Waals surface area (Å²) in [5.74, 6) is -0.301. The molecule has 2 N–H and O–H groups in total. The lowest BCUT2D eigenvalue weighted by molar-refractivity contribution is -0.387. The molecule has 0 radical (unpaired) electrons. The maximum atomic E-state index is 13.0. The molecule has 82 valence electrons. The van der Waals surface area contributed by atoms with Gasteiger partial charge in [0.25, 0.3) is 0 Å². The van der Waals surface area contributed by atoms with Gasteiger partial charge in [0, 0.05) is 6.07 Å². The largest absolute Gasteiger partial charge is 0.304 e. The fourth-order valence-electron chi connectivity index (χ4n) is 1.34. The van der Waals surface area contributed by atoms with Crippen molar-refractivity contribution in [2.45, 2.75) is 18.8 Å². The van der Waals surface area contributed by atoms with Crippen LogP contribution in [0.25, 0.3) is 0 Å². The average Bonchev–Trinajstić information content (AvgIpc) is 3.03. The van der Waals surface area contributed by atoms with Crippen molar-refractivity contribution in [1.29, 1.82) is 0 Å². The highest BCUT2D eigenvalue weighted by Crippen LogP contribution is 2.40. The summed E-state index contributed by atoms with van der Waals surface area (Å²) < 4.78 is 13.0. The number of thiol groups is 1. The lowest BCUT2D eigenvalue weighted by Gasteiger charge is -1.98. The first-order valence-corrected chi connectivity index (χ1v) is 4.90. The van der Waals surface area contributed by atoms with Gasteiger partial charge in [-0.15, -0.1) is 12.8 Å².